The van der Waals surface area contributed by atoms with E-state index < -0.39 is 5.76 Å². The van der Waals surface area contributed by atoms with Crippen molar-refractivity contribution in [2.45, 2.75) is 13.3 Å². The van der Waals surface area contributed by atoms with Crippen LogP contribution in [0, 0.1) is 6.92 Å². The molecule has 0 spiro atoms. The number of aromatic amines is 1. The first kappa shape index (κ1) is 8.18. The van der Waals surface area contributed by atoms with Gasteiger partial charge in [-0.1, -0.05) is 0 Å². The highest BCUT2D eigenvalue weighted by atomic mass is 32.1. The lowest BCUT2D eigenvalue weighted by molar-refractivity contribution is 0.470. The summed E-state index contributed by atoms with van der Waals surface area (Å²) in [5.41, 5.74) is 0.873. The molecule has 6 heteroatoms. The Balaban J connectivity index is 2.19. The number of hydrogen-bond acceptors (Lipinski definition) is 5. The third-order valence-corrected chi connectivity index (χ3v) is 2.30. The van der Waals surface area contributed by atoms with E-state index >= 15 is 0 Å². The molecule has 0 aliphatic carbocycles. The lowest BCUT2D eigenvalue weighted by Gasteiger charge is -1.86. The van der Waals surface area contributed by atoms with Gasteiger partial charge >= 0.3 is 5.76 Å². The van der Waals surface area contributed by atoms with Gasteiger partial charge in [-0.15, -0.1) is 16.4 Å². The number of aromatic nitrogens is 3. The highest BCUT2D eigenvalue weighted by Crippen LogP contribution is 2.10. The molecule has 0 bridgehead atoms. The van der Waals surface area contributed by atoms with Gasteiger partial charge in [0.25, 0.3) is 0 Å². The third kappa shape index (κ3) is 1.83. The Morgan fingerprint density at radius 2 is 2.54 bits per heavy atom. The molecule has 13 heavy (non-hydrogen) atoms. The molecular weight excluding hydrogens is 190 g/mol. The zero-order valence-corrected chi connectivity index (χ0v) is 7.72. The van der Waals surface area contributed by atoms with Gasteiger partial charge in [0.05, 0.1) is 17.1 Å². The minimum absolute atomic E-state index is 0.371. The molecule has 0 fully saturated rings. The minimum Gasteiger partial charge on any atom is -0.392 e. The summed E-state index contributed by atoms with van der Waals surface area (Å²) in [5.74, 6) is -0.155. The van der Waals surface area contributed by atoms with Crippen molar-refractivity contribution in [3.05, 3.63) is 32.5 Å². The number of H-pyrrole nitrogens is 1. The summed E-state index contributed by atoms with van der Waals surface area (Å²) in [6.45, 7) is 1.93. The quantitative estimate of drug-likeness (QED) is 0.769. The average Bonchev–Trinajstić information content (AvgIpc) is 2.62. The maximum atomic E-state index is 10.6. The SMILES string of the molecule is Cc1nc(Cc2n[nH]c(=O)o2)cs1. The van der Waals surface area contributed by atoms with E-state index in [-0.39, 0.29) is 0 Å². The maximum Gasteiger partial charge on any atom is 0.434 e. The fourth-order valence-electron chi connectivity index (χ4n) is 0.981. The van der Waals surface area contributed by atoms with Crippen LogP contribution in [-0.2, 0) is 6.42 Å². The topological polar surface area (TPSA) is 71.8 Å². The standard InChI is InChI=1S/C7H7N3O2S/c1-4-8-5(3-13-4)2-6-9-10-7(11)12-6/h3H,2H2,1H3,(H,10,11). The molecule has 0 amide bonds. The number of nitrogens with zero attached hydrogens (tertiary/aromatic N) is 2. The van der Waals surface area contributed by atoms with Gasteiger partial charge in [-0.2, -0.15) is 0 Å². The lowest BCUT2D eigenvalue weighted by Crippen LogP contribution is -1.94. The lowest BCUT2D eigenvalue weighted by atomic mass is 10.3. The van der Waals surface area contributed by atoms with Crippen LogP contribution < -0.4 is 5.76 Å². The highest BCUT2D eigenvalue weighted by molar-refractivity contribution is 7.09. The number of aryl methyl sites for hydroxylation is 1. The second kappa shape index (κ2) is 3.14. The summed E-state index contributed by atoms with van der Waals surface area (Å²) in [6, 6.07) is 0. The van der Waals surface area contributed by atoms with Crippen LogP contribution in [0.3, 0.4) is 0 Å². The van der Waals surface area contributed by atoms with Gasteiger partial charge in [0.15, 0.2) is 0 Å². The van der Waals surface area contributed by atoms with E-state index in [0.717, 1.165) is 10.7 Å². The fourth-order valence-corrected chi connectivity index (χ4v) is 1.59. The second-order valence-corrected chi connectivity index (χ2v) is 3.60. The van der Waals surface area contributed by atoms with Crippen molar-refractivity contribution < 1.29 is 4.42 Å². The first-order valence-electron chi connectivity index (χ1n) is 3.69. The van der Waals surface area contributed by atoms with Crippen LogP contribution in [0.15, 0.2) is 14.6 Å². The van der Waals surface area contributed by atoms with Crippen LogP contribution >= 0.6 is 11.3 Å². The molecule has 0 radical (unpaired) electrons. The monoisotopic (exact) mass is 197 g/mol. The van der Waals surface area contributed by atoms with Gasteiger partial charge in [0, 0.05) is 5.38 Å². The van der Waals surface area contributed by atoms with Crippen molar-refractivity contribution in [2.75, 3.05) is 0 Å². The van der Waals surface area contributed by atoms with Crippen molar-refractivity contribution >= 4 is 11.3 Å². The van der Waals surface area contributed by atoms with Crippen LogP contribution in [0.4, 0.5) is 0 Å². The molecular formula is C7H7N3O2S. The Morgan fingerprint density at radius 3 is 3.08 bits per heavy atom. The highest BCUT2D eigenvalue weighted by Gasteiger charge is 2.05. The van der Waals surface area contributed by atoms with E-state index in [1.807, 2.05) is 12.3 Å². The van der Waals surface area contributed by atoms with Gasteiger partial charge in [-0.3, -0.25) is 0 Å². The Hall–Kier alpha value is -1.43. The predicted octanol–water partition coefficient (Wildman–Crippen LogP) is 0.719. The Morgan fingerprint density at radius 1 is 1.69 bits per heavy atom. The van der Waals surface area contributed by atoms with E-state index in [1.165, 1.54) is 0 Å². The van der Waals surface area contributed by atoms with E-state index in [4.69, 9.17) is 4.42 Å². The predicted molar refractivity (Wildman–Crippen MR) is 46.8 cm³/mol. The minimum atomic E-state index is -0.526. The summed E-state index contributed by atoms with van der Waals surface area (Å²) < 4.78 is 4.74. The van der Waals surface area contributed by atoms with Gasteiger partial charge in [0.1, 0.15) is 0 Å². The van der Waals surface area contributed by atoms with Crippen LogP contribution in [0.25, 0.3) is 0 Å². The molecule has 0 saturated carbocycles. The zero-order chi connectivity index (χ0) is 9.26. The molecule has 2 aromatic rings. The molecule has 5 nitrogen and oxygen atoms in total. The average molecular weight is 197 g/mol. The molecule has 0 aromatic carbocycles. The van der Waals surface area contributed by atoms with Crippen molar-refractivity contribution in [3.8, 4) is 0 Å². The van der Waals surface area contributed by atoms with E-state index in [2.05, 4.69) is 15.2 Å². The van der Waals surface area contributed by atoms with Crippen LogP contribution in [0.1, 0.15) is 16.6 Å². The van der Waals surface area contributed by atoms with E-state index in [0.29, 0.717) is 12.3 Å². The zero-order valence-electron chi connectivity index (χ0n) is 6.90. The van der Waals surface area contributed by atoms with E-state index in [1.54, 1.807) is 11.3 Å². The smallest absolute Gasteiger partial charge is 0.392 e. The molecule has 1 N–H and O–H groups in total. The summed E-state index contributed by atoms with van der Waals surface area (Å²) in [7, 11) is 0. The van der Waals surface area contributed by atoms with Gasteiger partial charge in [-0.25, -0.2) is 14.9 Å². The fraction of sp³-hybridized carbons (Fsp3) is 0.286. The van der Waals surface area contributed by atoms with Crippen LogP contribution in [-0.4, -0.2) is 15.2 Å². The number of thiazole rings is 1. The Kier molecular flexibility index (Phi) is 1.97. The van der Waals surface area contributed by atoms with Crippen molar-refractivity contribution in [3.63, 3.8) is 0 Å². The molecule has 68 valence electrons. The number of nitrogens with one attached hydrogen (secondary N) is 1. The van der Waals surface area contributed by atoms with Gasteiger partial charge in [0.2, 0.25) is 5.89 Å². The molecule has 0 aliphatic heterocycles. The summed E-state index contributed by atoms with van der Waals surface area (Å²) in [5, 5.41) is 8.79. The van der Waals surface area contributed by atoms with Crippen LogP contribution in [0.2, 0.25) is 0 Å². The Bertz CT molecular complexity index is 456. The first-order chi connectivity index (χ1) is 6.24. The summed E-state index contributed by atoms with van der Waals surface area (Å²) in [6.07, 6.45) is 0.461. The Labute approximate surface area is 77.4 Å². The molecule has 0 saturated heterocycles. The largest absolute Gasteiger partial charge is 0.434 e. The van der Waals surface area contributed by atoms with Crippen molar-refractivity contribution in [1.29, 1.82) is 0 Å². The van der Waals surface area contributed by atoms with Crippen molar-refractivity contribution in [1.82, 2.24) is 15.2 Å². The maximum absolute atomic E-state index is 10.6. The number of rotatable bonds is 2. The second-order valence-electron chi connectivity index (χ2n) is 2.54. The van der Waals surface area contributed by atoms with Crippen molar-refractivity contribution in [2.24, 2.45) is 0 Å². The van der Waals surface area contributed by atoms with Gasteiger partial charge < -0.3 is 4.42 Å². The summed E-state index contributed by atoms with van der Waals surface area (Å²) in [4.78, 5) is 14.8. The van der Waals surface area contributed by atoms with E-state index in [9.17, 15) is 4.79 Å². The normalized spacial score (nSPS) is 10.5. The summed E-state index contributed by atoms with van der Waals surface area (Å²) >= 11 is 1.56. The third-order valence-electron chi connectivity index (χ3n) is 1.48. The molecule has 0 atom stereocenters. The number of hydrogen-bond donors (Lipinski definition) is 1. The van der Waals surface area contributed by atoms with Crippen LogP contribution in [0.5, 0.6) is 0 Å². The molecule has 2 heterocycles. The molecule has 2 aromatic heterocycles. The molecule has 0 unspecified atom stereocenters. The molecule has 2 rings (SSSR count). The molecule has 0 aliphatic rings. The first-order valence-corrected chi connectivity index (χ1v) is 4.57. The van der Waals surface area contributed by atoms with Gasteiger partial charge in [-0.05, 0) is 6.92 Å².